The van der Waals surface area contributed by atoms with E-state index in [1.165, 1.54) is 0 Å². The van der Waals surface area contributed by atoms with Crippen molar-refractivity contribution in [2.24, 2.45) is 5.41 Å². The van der Waals surface area contributed by atoms with Crippen molar-refractivity contribution >= 4 is 17.3 Å². The minimum Gasteiger partial charge on any atom is -0.399 e. The number of rotatable bonds is 4. The van der Waals surface area contributed by atoms with Crippen molar-refractivity contribution < 1.29 is 4.79 Å². The molecule has 1 amide bonds. The monoisotopic (exact) mass is 248 g/mol. The molecule has 0 unspecified atom stereocenters. The molecule has 0 radical (unpaired) electrons. The summed E-state index contributed by atoms with van der Waals surface area (Å²) in [5.74, 6) is 0.162. The van der Waals surface area contributed by atoms with Gasteiger partial charge in [0, 0.05) is 24.3 Å². The van der Waals surface area contributed by atoms with Crippen molar-refractivity contribution in [2.75, 3.05) is 17.2 Å². The maximum absolute atomic E-state index is 12.3. The van der Waals surface area contributed by atoms with Gasteiger partial charge < -0.3 is 10.6 Å². The van der Waals surface area contributed by atoms with Crippen LogP contribution in [-0.2, 0) is 4.79 Å². The Labute approximate surface area is 110 Å². The lowest BCUT2D eigenvalue weighted by molar-refractivity contribution is -0.120. The molecule has 0 aliphatic rings. The third-order valence-corrected chi connectivity index (χ3v) is 2.61. The normalized spacial score (nSPS) is 11.3. The summed E-state index contributed by atoms with van der Waals surface area (Å²) in [6.45, 7) is 9.04. The van der Waals surface area contributed by atoms with Crippen LogP contribution in [0.15, 0.2) is 24.3 Å². The molecule has 1 aromatic rings. The summed E-state index contributed by atoms with van der Waals surface area (Å²) in [6, 6.07) is 7.52. The van der Waals surface area contributed by atoms with Crippen LogP contribution in [0.4, 0.5) is 11.4 Å². The number of benzene rings is 1. The molecule has 0 spiro atoms. The summed E-state index contributed by atoms with van der Waals surface area (Å²) in [7, 11) is 0. The number of nitrogens with zero attached hydrogens (tertiary/aromatic N) is 1. The number of carbonyl (C=O) groups is 1. The lowest BCUT2D eigenvalue weighted by Gasteiger charge is -2.26. The van der Waals surface area contributed by atoms with Crippen LogP contribution >= 0.6 is 0 Å². The standard InChI is InChI=1S/C15H24N2O/c1-5-9-17(14(18)11-15(2,3)4)13-8-6-7-12(16)10-13/h6-8,10H,5,9,11,16H2,1-4H3. The van der Waals surface area contributed by atoms with E-state index in [0.717, 1.165) is 18.7 Å². The largest absolute Gasteiger partial charge is 0.399 e. The number of nitrogens with two attached hydrogens (primary N) is 1. The van der Waals surface area contributed by atoms with Gasteiger partial charge in [0.15, 0.2) is 0 Å². The van der Waals surface area contributed by atoms with Crippen molar-refractivity contribution in [3.63, 3.8) is 0 Å². The minimum atomic E-state index is 0.00337. The lowest BCUT2D eigenvalue weighted by Crippen LogP contribution is -2.34. The summed E-state index contributed by atoms with van der Waals surface area (Å²) >= 11 is 0. The molecule has 3 heteroatoms. The number of hydrogen-bond donors (Lipinski definition) is 1. The van der Waals surface area contributed by atoms with E-state index in [9.17, 15) is 4.79 Å². The fourth-order valence-corrected chi connectivity index (χ4v) is 1.86. The molecule has 0 fully saturated rings. The van der Waals surface area contributed by atoms with Crippen LogP contribution in [-0.4, -0.2) is 12.5 Å². The van der Waals surface area contributed by atoms with Gasteiger partial charge in [-0.2, -0.15) is 0 Å². The predicted molar refractivity (Wildman–Crippen MR) is 77.6 cm³/mol. The quantitative estimate of drug-likeness (QED) is 0.830. The van der Waals surface area contributed by atoms with Crippen LogP contribution in [0.2, 0.25) is 0 Å². The predicted octanol–water partition coefficient (Wildman–Crippen LogP) is 3.45. The molecule has 0 aliphatic carbocycles. The first-order valence-electron chi connectivity index (χ1n) is 6.49. The van der Waals surface area contributed by atoms with Crippen LogP contribution < -0.4 is 10.6 Å². The fraction of sp³-hybridized carbons (Fsp3) is 0.533. The Hall–Kier alpha value is -1.51. The average molecular weight is 248 g/mol. The van der Waals surface area contributed by atoms with Gasteiger partial charge in [-0.25, -0.2) is 0 Å². The summed E-state index contributed by atoms with van der Waals surface area (Å²) in [6.07, 6.45) is 1.48. The zero-order chi connectivity index (χ0) is 13.8. The van der Waals surface area contributed by atoms with Crippen LogP contribution in [0.5, 0.6) is 0 Å². The van der Waals surface area contributed by atoms with E-state index in [-0.39, 0.29) is 11.3 Å². The average Bonchev–Trinajstić information content (AvgIpc) is 2.23. The first-order chi connectivity index (χ1) is 8.33. The van der Waals surface area contributed by atoms with Crippen LogP contribution in [0.1, 0.15) is 40.5 Å². The first-order valence-corrected chi connectivity index (χ1v) is 6.49. The van der Waals surface area contributed by atoms with Crippen LogP contribution in [0, 0.1) is 5.41 Å². The van der Waals surface area contributed by atoms with Gasteiger partial charge in [0.25, 0.3) is 0 Å². The Morgan fingerprint density at radius 1 is 1.33 bits per heavy atom. The second-order valence-electron chi connectivity index (χ2n) is 5.88. The van der Waals surface area contributed by atoms with Gasteiger partial charge >= 0.3 is 0 Å². The Kier molecular flexibility index (Phi) is 4.76. The zero-order valence-electron chi connectivity index (χ0n) is 11.9. The van der Waals surface area contributed by atoms with E-state index in [1.807, 2.05) is 29.2 Å². The smallest absolute Gasteiger partial charge is 0.227 e. The molecule has 100 valence electrons. The highest BCUT2D eigenvalue weighted by Gasteiger charge is 2.21. The van der Waals surface area contributed by atoms with Gasteiger partial charge in [-0.3, -0.25) is 4.79 Å². The molecule has 0 aliphatic heterocycles. The molecule has 1 aromatic carbocycles. The molecule has 0 aromatic heterocycles. The van der Waals surface area contributed by atoms with Gasteiger partial charge in [-0.05, 0) is 30.0 Å². The van der Waals surface area contributed by atoms with Gasteiger partial charge in [-0.15, -0.1) is 0 Å². The highest BCUT2D eigenvalue weighted by atomic mass is 16.2. The molecule has 1 rings (SSSR count). The number of nitrogen functional groups attached to an aromatic ring is 1. The van der Waals surface area contributed by atoms with E-state index in [2.05, 4.69) is 27.7 Å². The second kappa shape index (κ2) is 5.89. The Balaban J connectivity index is 2.92. The molecular weight excluding hydrogens is 224 g/mol. The van der Waals surface area contributed by atoms with Gasteiger partial charge in [0.05, 0.1) is 0 Å². The van der Waals surface area contributed by atoms with Gasteiger partial charge in [0.2, 0.25) is 5.91 Å². The number of amides is 1. The second-order valence-corrected chi connectivity index (χ2v) is 5.88. The highest BCUT2D eigenvalue weighted by molar-refractivity contribution is 5.94. The van der Waals surface area contributed by atoms with E-state index in [0.29, 0.717) is 12.1 Å². The summed E-state index contributed by atoms with van der Waals surface area (Å²) in [5.41, 5.74) is 7.37. The third kappa shape index (κ3) is 4.40. The number of hydrogen-bond acceptors (Lipinski definition) is 2. The highest BCUT2D eigenvalue weighted by Crippen LogP contribution is 2.24. The van der Waals surface area contributed by atoms with E-state index in [1.54, 1.807) is 0 Å². The molecule has 2 N–H and O–H groups in total. The summed E-state index contributed by atoms with van der Waals surface area (Å²) in [4.78, 5) is 14.2. The number of carbonyl (C=O) groups excluding carboxylic acids is 1. The van der Waals surface area contributed by atoms with Crippen LogP contribution in [0.25, 0.3) is 0 Å². The molecule has 3 nitrogen and oxygen atoms in total. The SMILES string of the molecule is CCCN(C(=O)CC(C)(C)C)c1cccc(N)c1. The van der Waals surface area contributed by atoms with Crippen molar-refractivity contribution in [1.29, 1.82) is 0 Å². The van der Waals surface area contributed by atoms with Crippen molar-refractivity contribution in [3.05, 3.63) is 24.3 Å². The topological polar surface area (TPSA) is 46.3 Å². The Bertz CT molecular complexity index is 407. The maximum Gasteiger partial charge on any atom is 0.227 e. The van der Waals surface area contributed by atoms with E-state index >= 15 is 0 Å². The Morgan fingerprint density at radius 2 is 2.00 bits per heavy atom. The van der Waals surface area contributed by atoms with Gasteiger partial charge in [-0.1, -0.05) is 33.8 Å². The van der Waals surface area contributed by atoms with Crippen molar-refractivity contribution in [3.8, 4) is 0 Å². The molecule has 18 heavy (non-hydrogen) atoms. The molecule has 0 saturated heterocycles. The van der Waals surface area contributed by atoms with Crippen molar-refractivity contribution in [2.45, 2.75) is 40.5 Å². The molecule has 0 heterocycles. The molecular formula is C15H24N2O. The van der Waals surface area contributed by atoms with Gasteiger partial charge in [0.1, 0.15) is 0 Å². The number of anilines is 2. The summed E-state index contributed by atoms with van der Waals surface area (Å²) in [5, 5.41) is 0. The minimum absolute atomic E-state index is 0.00337. The first kappa shape index (κ1) is 14.6. The van der Waals surface area contributed by atoms with Crippen molar-refractivity contribution in [1.82, 2.24) is 0 Å². The van der Waals surface area contributed by atoms with E-state index in [4.69, 9.17) is 5.73 Å². The molecule has 0 atom stereocenters. The third-order valence-electron chi connectivity index (χ3n) is 2.61. The molecule has 0 saturated carbocycles. The van der Waals surface area contributed by atoms with E-state index < -0.39 is 0 Å². The Morgan fingerprint density at radius 3 is 2.50 bits per heavy atom. The lowest BCUT2D eigenvalue weighted by atomic mass is 9.91. The molecule has 0 bridgehead atoms. The zero-order valence-corrected chi connectivity index (χ0v) is 11.9. The van der Waals surface area contributed by atoms with Crippen LogP contribution in [0.3, 0.4) is 0 Å². The fourth-order valence-electron chi connectivity index (χ4n) is 1.86. The summed E-state index contributed by atoms with van der Waals surface area (Å²) < 4.78 is 0. The maximum atomic E-state index is 12.3.